The Kier molecular flexibility index (Phi) is 6.96. The molecule has 0 unspecified atom stereocenters. The van der Waals surface area contributed by atoms with E-state index in [1.807, 2.05) is 24.3 Å². The van der Waals surface area contributed by atoms with Gasteiger partial charge >= 0.3 is 0 Å². The molecule has 0 saturated heterocycles. The van der Waals surface area contributed by atoms with Crippen LogP contribution >= 0.6 is 0 Å². The summed E-state index contributed by atoms with van der Waals surface area (Å²) in [6.07, 6.45) is 6.35. The molecule has 0 aliphatic heterocycles. The number of ether oxygens (including phenoxy) is 2. The molecular formula is C23H28N4O2. The van der Waals surface area contributed by atoms with Crippen molar-refractivity contribution in [1.29, 1.82) is 0 Å². The number of imidazole rings is 1. The Morgan fingerprint density at radius 1 is 1.03 bits per heavy atom. The quantitative estimate of drug-likeness (QED) is 0.380. The van der Waals surface area contributed by atoms with Gasteiger partial charge in [-0.15, -0.1) is 0 Å². The molecule has 1 N–H and O–H groups in total. The highest BCUT2D eigenvalue weighted by Gasteiger charge is 2.16. The Hall–Kier alpha value is -3.20. The van der Waals surface area contributed by atoms with Gasteiger partial charge < -0.3 is 19.6 Å². The van der Waals surface area contributed by atoms with Crippen LogP contribution in [0.4, 0.5) is 5.82 Å². The van der Waals surface area contributed by atoms with Gasteiger partial charge in [0.25, 0.3) is 0 Å². The van der Waals surface area contributed by atoms with Crippen molar-refractivity contribution in [2.75, 3.05) is 32.6 Å². The molecule has 0 amide bonds. The minimum Gasteiger partial charge on any atom is -0.493 e. The third kappa shape index (κ3) is 4.80. The van der Waals surface area contributed by atoms with Crippen LogP contribution in [-0.2, 0) is 0 Å². The highest BCUT2D eigenvalue weighted by Crippen LogP contribution is 2.35. The predicted octanol–water partition coefficient (Wildman–Crippen LogP) is 5.22. The molecule has 6 nitrogen and oxygen atoms in total. The monoisotopic (exact) mass is 392 g/mol. The average molecular weight is 393 g/mol. The number of rotatable bonds is 10. The Morgan fingerprint density at radius 2 is 1.83 bits per heavy atom. The topological polar surface area (TPSA) is 52.2 Å². The molecule has 3 rings (SSSR count). The van der Waals surface area contributed by atoms with E-state index in [0.717, 1.165) is 55.0 Å². The highest BCUT2D eigenvalue weighted by atomic mass is 16.5. The molecule has 1 aromatic carbocycles. The molecule has 0 aliphatic rings. The number of benzene rings is 1. The van der Waals surface area contributed by atoms with E-state index >= 15 is 0 Å². The Labute approximate surface area is 172 Å². The van der Waals surface area contributed by atoms with Crippen molar-refractivity contribution in [2.45, 2.75) is 32.6 Å². The normalized spacial score (nSPS) is 10.7. The van der Waals surface area contributed by atoms with E-state index in [4.69, 9.17) is 21.0 Å². The highest BCUT2D eigenvalue weighted by molar-refractivity contribution is 5.78. The summed E-state index contributed by atoms with van der Waals surface area (Å²) in [5, 5.41) is 3.59. The lowest BCUT2D eigenvalue weighted by Gasteiger charge is -2.11. The first kappa shape index (κ1) is 20.5. The number of anilines is 1. The van der Waals surface area contributed by atoms with Crippen LogP contribution in [0, 0.1) is 13.5 Å². The maximum atomic E-state index is 6.85. The van der Waals surface area contributed by atoms with Crippen LogP contribution < -0.4 is 14.8 Å². The van der Waals surface area contributed by atoms with Crippen LogP contribution in [0.3, 0.4) is 0 Å². The second kappa shape index (κ2) is 9.83. The summed E-state index contributed by atoms with van der Waals surface area (Å²) in [7, 11) is 3.28. The first-order valence-electron chi connectivity index (χ1n) is 9.96. The van der Waals surface area contributed by atoms with Crippen LogP contribution in [0.5, 0.6) is 11.5 Å². The maximum Gasteiger partial charge on any atom is 0.214 e. The summed E-state index contributed by atoms with van der Waals surface area (Å²) in [5.41, 5.74) is 3.95. The summed E-state index contributed by atoms with van der Waals surface area (Å²) in [5.74, 6) is 2.37. The Bertz CT molecular complexity index is 1000. The minimum absolute atomic E-state index is 0.628. The fraction of sp³-hybridized carbons (Fsp3) is 0.391. The molecule has 6 heteroatoms. The van der Waals surface area contributed by atoms with E-state index in [-0.39, 0.29) is 0 Å². The van der Waals surface area contributed by atoms with Crippen molar-refractivity contribution < 1.29 is 9.47 Å². The summed E-state index contributed by atoms with van der Waals surface area (Å²) >= 11 is 0. The zero-order valence-corrected chi connectivity index (χ0v) is 17.4. The average Bonchev–Trinajstić information content (AvgIpc) is 3.10. The molecule has 0 spiro atoms. The van der Waals surface area contributed by atoms with E-state index in [0.29, 0.717) is 18.0 Å². The van der Waals surface area contributed by atoms with Gasteiger partial charge in [-0.1, -0.05) is 12.5 Å². The van der Waals surface area contributed by atoms with Crippen LogP contribution in [0.2, 0.25) is 0 Å². The zero-order chi connectivity index (χ0) is 20.6. The number of methoxy groups -OCH3 is 2. The molecule has 0 saturated carbocycles. The van der Waals surface area contributed by atoms with Crippen LogP contribution in [0.25, 0.3) is 21.7 Å². The van der Waals surface area contributed by atoms with E-state index in [1.54, 1.807) is 14.2 Å². The summed E-state index contributed by atoms with van der Waals surface area (Å²) in [6, 6.07) is 9.98. The first-order valence-corrected chi connectivity index (χ1v) is 9.96. The second-order valence-electron chi connectivity index (χ2n) is 7.04. The van der Waals surface area contributed by atoms with Gasteiger partial charge in [0.1, 0.15) is 17.2 Å². The zero-order valence-electron chi connectivity index (χ0n) is 17.4. The number of aromatic nitrogens is 2. The minimum atomic E-state index is 0.628. The van der Waals surface area contributed by atoms with Gasteiger partial charge in [-0.3, -0.25) is 4.40 Å². The largest absolute Gasteiger partial charge is 0.493 e. The fourth-order valence-corrected chi connectivity index (χ4v) is 3.38. The molecule has 29 heavy (non-hydrogen) atoms. The number of nitrogens with one attached hydrogen (secondary N) is 1. The molecular weight excluding hydrogens is 364 g/mol. The van der Waals surface area contributed by atoms with Crippen LogP contribution in [0.15, 0.2) is 36.5 Å². The molecule has 0 atom stereocenters. The predicted molar refractivity (Wildman–Crippen MR) is 117 cm³/mol. The number of nitrogens with zero attached hydrogens (tertiary/aromatic N) is 3. The van der Waals surface area contributed by atoms with Crippen molar-refractivity contribution in [3.05, 3.63) is 53.5 Å². The van der Waals surface area contributed by atoms with Gasteiger partial charge in [-0.25, -0.2) is 11.6 Å². The first-order chi connectivity index (χ1) is 14.2. The molecule has 0 aliphatic carbocycles. The number of aryl methyl sites for hydroxylation is 1. The van der Waals surface area contributed by atoms with Gasteiger partial charge in [-0.05, 0) is 49.6 Å². The van der Waals surface area contributed by atoms with Crippen molar-refractivity contribution in [2.24, 2.45) is 0 Å². The molecule has 2 aromatic heterocycles. The number of hydrogen-bond donors (Lipinski definition) is 1. The number of pyridine rings is 1. The van der Waals surface area contributed by atoms with E-state index < -0.39 is 0 Å². The number of unbranched alkanes of at least 4 members (excludes halogenated alkanes) is 3. The lowest BCUT2D eigenvalue weighted by Crippen LogP contribution is -2.05. The van der Waals surface area contributed by atoms with Gasteiger partial charge in [0.15, 0.2) is 11.5 Å². The lowest BCUT2D eigenvalue weighted by molar-refractivity contribution is 0.355. The fourth-order valence-electron chi connectivity index (χ4n) is 3.38. The molecule has 0 radical (unpaired) electrons. The maximum absolute atomic E-state index is 6.85. The molecule has 152 valence electrons. The van der Waals surface area contributed by atoms with Gasteiger partial charge in [0.2, 0.25) is 6.54 Å². The summed E-state index contributed by atoms with van der Waals surface area (Å²) < 4.78 is 13.0. The third-order valence-corrected chi connectivity index (χ3v) is 4.91. The Morgan fingerprint density at radius 3 is 2.59 bits per heavy atom. The van der Waals surface area contributed by atoms with E-state index in [2.05, 4.69) is 33.7 Å². The molecule has 0 bridgehead atoms. The molecule has 0 fully saturated rings. The van der Waals surface area contributed by atoms with Crippen molar-refractivity contribution in [3.8, 4) is 22.8 Å². The van der Waals surface area contributed by atoms with Crippen molar-refractivity contribution >= 4 is 11.5 Å². The number of fused-ring (bicyclic) bond motifs is 1. The van der Waals surface area contributed by atoms with Gasteiger partial charge in [0.05, 0.1) is 14.2 Å². The SMILES string of the molecule is [C-]#[N+]CCCCCCNc1c(-c2ccc(OC)c(OC)c2)nc2ccc(C)cn12. The lowest BCUT2D eigenvalue weighted by atomic mass is 10.1. The Balaban J connectivity index is 1.87. The number of hydrogen-bond acceptors (Lipinski definition) is 4. The molecule has 3 aromatic rings. The van der Waals surface area contributed by atoms with Crippen LogP contribution in [-0.4, -0.2) is 36.7 Å². The van der Waals surface area contributed by atoms with Crippen molar-refractivity contribution in [3.63, 3.8) is 0 Å². The summed E-state index contributed by atoms with van der Waals surface area (Å²) in [6.45, 7) is 10.4. The summed E-state index contributed by atoms with van der Waals surface area (Å²) in [4.78, 5) is 8.28. The van der Waals surface area contributed by atoms with E-state index in [9.17, 15) is 0 Å². The second-order valence-corrected chi connectivity index (χ2v) is 7.04. The van der Waals surface area contributed by atoms with Crippen LogP contribution in [0.1, 0.15) is 31.2 Å². The van der Waals surface area contributed by atoms with Gasteiger partial charge in [0, 0.05) is 24.7 Å². The van der Waals surface area contributed by atoms with Crippen molar-refractivity contribution in [1.82, 2.24) is 9.38 Å². The smallest absolute Gasteiger partial charge is 0.214 e. The standard InChI is InChI=1S/C23H28N4O2/c1-17-9-12-21-26-22(18-10-11-19(28-3)20(15-18)29-4)23(27(21)16-17)25-14-8-6-5-7-13-24-2/h9-12,15-16,25H,5-8,13-14H2,1,3-4H3. The van der Waals surface area contributed by atoms with Gasteiger partial charge in [-0.2, -0.15) is 0 Å². The third-order valence-electron chi connectivity index (χ3n) is 4.91. The molecule has 2 heterocycles. The van der Waals surface area contributed by atoms with E-state index in [1.165, 1.54) is 5.56 Å².